The molecule has 1 fully saturated rings. The summed E-state index contributed by atoms with van der Waals surface area (Å²) in [5.41, 5.74) is 0.371. The lowest BCUT2D eigenvalue weighted by Gasteiger charge is -2.23. The van der Waals surface area contributed by atoms with Crippen LogP contribution >= 0.6 is 0 Å². The number of anilines is 1. The largest absolute Gasteiger partial charge is 0.378 e. The fourth-order valence-corrected chi connectivity index (χ4v) is 3.91. The smallest absolute Gasteiger partial charge is 0.255 e. The average Bonchev–Trinajstić information content (AvgIpc) is 2.90. The summed E-state index contributed by atoms with van der Waals surface area (Å²) >= 11 is 0. The van der Waals surface area contributed by atoms with Crippen LogP contribution in [0.3, 0.4) is 0 Å². The van der Waals surface area contributed by atoms with Gasteiger partial charge in [0, 0.05) is 29.2 Å². The molecule has 1 aliphatic rings. The molecule has 5 rings (SSSR count). The summed E-state index contributed by atoms with van der Waals surface area (Å²) < 4.78 is 47.8. The van der Waals surface area contributed by atoms with E-state index < -0.39 is 34.7 Å². The van der Waals surface area contributed by atoms with E-state index in [4.69, 9.17) is 4.74 Å². The third-order valence-corrected chi connectivity index (χ3v) is 5.73. The third kappa shape index (κ3) is 4.81. The molecule has 0 aliphatic carbocycles. The lowest BCUT2D eigenvalue weighted by molar-refractivity contribution is 0.0757. The van der Waals surface area contributed by atoms with Crippen LogP contribution in [0.25, 0.3) is 10.9 Å². The molecular formula is C26H19F3N4O3. The Kier molecular flexibility index (Phi) is 6.45. The highest BCUT2D eigenvalue weighted by Gasteiger charge is 2.22. The molecule has 2 aromatic carbocycles. The van der Waals surface area contributed by atoms with Gasteiger partial charge in [-0.2, -0.15) is 0 Å². The number of ether oxygens (including phenoxy) is 1. The lowest BCUT2D eigenvalue weighted by Crippen LogP contribution is -2.35. The number of halogens is 3. The number of morpholine rings is 1. The van der Waals surface area contributed by atoms with E-state index >= 15 is 0 Å². The molecule has 1 unspecified atom stereocenters. The minimum absolute atomic E-state index is 0.0225. The number of hydrogen-bond acceptors (Lipinski definition) is 6. The molecular weight excluding hydrogens is 473 g/mol. The summed E-state index contributed by atoms with van der Waals surface area (Å²) in [4.78, 5) is 34.1. The van der Waals surface area contributed by atoms with Crippen LogP contribution < -0.4 is 10.6 Å². The molecule has 3 heterocycles. The molecule has 0 saturated carbocycles. The van der Waals surface area contributed by atoms with Crippen LogP contribution in [0.1, 0.15) is 38.1 Å². The third-order valence-electron chi connectivity index (χ3n) is 5.73. The monoisotopic (exact) mass is 492 g/mol. The van der Waals surface area contributed by atoms with Crippen molar-refractivity contribution in [2.45, 2.75) is 6.04 Å². The Balaban J connectivity index is 1.42. The van der Waals surface area contributed by atoms with Crippen molar-refractivity contribution in [2.75, 3.05) is 25.1 Å². The van der Waals surface area contributed by atoms with Gasteiger partial charge in [-0.05, 0) is 36.4 Å². The van der Waals surface area contributed by atoms with E-state index in [1.807, 2.05) is 0 Å². The number of pyridine rings is 2. The fraction of sp³-hybridized carbons (Fsp3) is 0.154. The molecule has 1 aliphatic heterocycles. The molecule has 0 bridgehead atoms. The molecule has 1 amide bonds. The maximum Gasteiger partial charge on any atom is 0.255 e. The quantitative estimate of drug-likeness (QED) is 0.406. The Morgan fingerprint density at radius 3 is 2.69 bits per heavy atom. The summed E-state index contributed by atoms with van der Waals surface area (Å²) in [6, 6.07) is 11.6. The van der Waals surface area contributed by atoms with E-state index in [1.54, 1.807) is 12.1 Å². The first-order chi connectivity index (χ1) is 17.4. The molecule has 1 atom stereocenters. The van der Waals surface area contributed by atoms with Crippen molar-refractivity contribution >= 4 is 28.3 Å². The SMILES string of the molecule is O=C(Nc1cc(F)c(F)c(C(=O)c2cc3ccc(C4COCCN4)nc3cn2)c1)c1cccc(F)c1. The Bertz CT molecular complexity index is 1490. The summed E-state index contributed by atoms with van der Waals surface area (Å²) in [5, 5.41) is 6.25. The Morgan fingerprint density at radius 2 is 1.92 bits per heavy atom. The van der Waals surface area contributed by atoms with Crippen LogP contribution in [-0.2, 0) is 4.74 Å². The highest BCUT2D eigenvalue weighted by atomic mass is 19.2. The van der Waals surface area contributed by atoms with Gasteiger partial charge in [0.25, 0.3) is 5.91 Å². The fourth-order valence-electron chi connectivity index (χ4n) is 3.91. The number of aromatic nitrogens is 2. The first-order valence-electron chi connectivity index (χ1n) is 11.1. The van der Waals surface area contributed by atoms with Gasteiger partial charge in [-0.25, -0.2) is 18.2 Å². The van der Waals surface area contributed by atoms with Gasteiger partial charge in [0.15, 0.2) is 11.6 Å². The molecule has 36 heavy (non-hydrogen) atoms. The minimum atomic E-state index is -1.37. The van der Waals surface area contributed by atoms with E-state index in [-0.39, 0.29) is 23.0 Å². The number of ketones is 1. The number of rotatable bonds is 5. The highest BCUT2D eigenvalue weighted by molar-refractivity contribution is 6.10. The average molecular weight is 492 g/mol. The van der Waals surface area contributed by atoms with Crippen molar-refractivity contribution in [2.24, 2.45) is 0 Å². The number of nitrogens with one attached hydrogen (secondary N) is 2. The second kappa shape index (κ2) is 9.84. The van der Waals surface area contributed by atoms with Crippen LogP contribution in [0.5, 0.6) is 0 Å². The van der Waals surface area contributed by atoms with Crippen LogP contribution in [0.2, 0.25) is 0 Å². The van der Waals surface area contributed by atoms with Gasteiger partial charge < -0.3 is 15.4 Å². The molecule has 182 valence electrons. The van der Waals surface area contributed by atoms with E-state index in [9.17, 15) is 22.8 Å². The highest BCUT2D eigenvalue weighted by Crippen LogP contribution is 2.24. The van der Waals surface area contributed by atoms with E-state index in [0.29, 0.717) is 30.7 Å². The Morgan fingerprint density at radius 1 is 1.06 bits per heavy atom. The maximum atomic E-state index is 14.6. The predicted octanol–water partition coefficient (Wildman–Crippen LogP) is 4.19. The first-order valence-corrected chi connectivity index (χ1v) is 11.1. The van der Waals surface area contributed by atoms with Crippen molar-refractivity contribution in [1.82, 2.24) is 15.3 Å². The molecule has 2 aromatic heterocycles. The van der Waals surface area contributed by atoms with E-state index in [1.165, 1.54) is 30.5 Å². The normalized spacial score (nSPS) is 15.6. The van der Waals surface area contributed by atoms with Gasteiger partial charge in [0.1, 0.15) is 11.5 Å². The standard InChI is InChI=1S/C26H19F3N4O3/c27-16-3-1-2-15(8-16)26(35)32-17-10-18(24(29)19(28)11-17)25(34)21-9-14-4-5-20(33-22(14)12-31-21)23-13-36-7-6-30-23/h1-5,8-12,23,30H,6-7,13H2,(H,32,35). The number of carbonyl (C=O) groups is 2. The number of benzene rings is 2. The molecule has 7 nitrogen and oxygen atoms in total. The summed E-state index contributed by atoms with van der Waals surface area (Å²) in [6.07, 6.45) is 1.39. The van der Waals surface area contributed by atoms with Crippen LogP contribution in [-0.4, -0.2) is 41.4 Å². The second-order valence-corrected chi connectivity index (χ2v) is 8.19. The van der Waals surface area contributed by atoms with E-state index in [0.717, 1.165) is 23.9 Å². The molecule has 4 aromatic rings. The van der Waals surface area contributed by atoms with Crippen molar-refractivity contribution in [1.29, 1.82) is 0 Å². The first kappa shape index (κ1) is 23.6. The maximum absolute atomic E-state index is 14.6. The Hall–Kier alpha value is -4.15. The molecule has 2 N–H and O–H groups in total. The number of hydrogen-bond donors (Lipinski definition) is 2. The Labute approximate surface area is 203 Å². The van der Waals surface area contributed by atoms with Gasteiger partial charge >= 0.3 is 0 Å². The van der Waals surface area contributed by atoms with Crippen LogP contribution in [0.4, 0.5) is 18.9 Å². The summed E-state index contributed by atoms with van der Waals surface area (Å²) in [7, 11) is 0. The minimum Gasteiger partial charge on any atom is -0.378 e. The lowest BCUT2D eigenvalue weighted by atomic mass is 10.0. The molecule has 0 spiro atoms. The van der Waals surface area contributed by atoms with Gasteiger partial charge in [-0.3, -0.25) is 14.6 Å². The second-order valence-electron chi connectivity index (χ2n) is 8.19. The van der Waals surface area contributed by atoms with Crippen LogP contribution in [0.15, 0.2) is 60.8 Å². The number of nitrogens with zero attached hydrogens (tertiary/aromatic N) is 2. The zero-order chi connectivity index (χ0) is 25.2. The zero-order valence-corrected chi connectivity index (χ0v) is 18.7. The predicted molar refractivity (Wildman–Crippen MR) is 125 cm³/mol. The van der Waals surface area contributed by atoms with E-state index in [2.05, 4.69) is 20.6 Å². The summed E-state index contributed by atoms with van der Waals surface area (Å²) in [5.74, 6) is -4.95. The molecule has 1 saturated heterocycles. The van der Waals surface area contributed by atoms with Gasteiger partial charge in [-0.1, -0.05) is 12.1 Å². The van der Waals surface area contributed by atoms with Crippen molar-refractivity contribution in [3.63, 3.8) is 0 Å². The molecule has 0 radical (unpaired) electrons. The number of amides is 1. The van der Waals surface area contributed by atoms with Crippen molar-refractivity contribution in [3.05, 3.63) is 101 Å². The van der Waals surface area contributed by atoms with Crippen LogP contribution in [0, 0.1) is 17.5 Å². The van der Waals surface area contributed by atoms with Crippen molar-refractivity contribution < 1.29 is 27.5 Å². The van der Waals surface area contributed by atoms with Gasteiger partial charge in [0.05, 0.1) is 42.2 Å². The molecule has 10 heteroatoms. The zero-order valence-electron chi connectivity index (χ0n) is 18.7. The van der Waals surface area contributed by atoms with Gasteiger partial charge in [0.2, 0.25) is 5.78 Å². The van der Waals surface area contributed by atoms with Gasteiger partial charge in [-0.15, -0.1) is 0 Å². The van der Waals surface area contributed by atoms with Crippen molar-refractivity contribution in [3.8, 4) is 0 Å². The summed E-state index contributed by atoms with van der Waals surface area (Å²) in [6.45, 7) is 1.82. The number of fused-ring (bicyclic) bond motifs is 1. The number of carbonyl (C=O) groups excluding carboxylic acids is 2. The topological polar surface area (TPSA) is 93.2 Å².